The van der Waals surface area contributed by atoms with Crippen LogP contribution < -0.4 is 20.2 Å². The fourth-order valence-corrected chi connectivity index (χ4v) is 9.04. The van der Waals surface area contributed by atoms with Crippen LogP contribution in [0.2, 0.25) is 0 Å². The minimum atomic E-state index is -0.0764. The number of furan rings is 1. The second-order valence-electron chi connectivity index (χ2n) is 19.8. The topological polar surface area (TPSA) is 22.6 Å². The highest BCUT2D eigenvalue weighted by molar-refractivity contribution is 6.25. The van der Waals surface area contributed by atoms with Crippen molar-refractivity contribution in [3.8, 4) is 0 Å². The highest BCUT2D eigenvalue weighted by atomic mass is 16.3. The predicted octanol–water partition coefficient (Wildman–Crippen LogP) is 9.72. The SMILES string of the molecule is CC(C)(C)C1=CC2=C3C=C(C(C)(C)C)C=C4C5=c6occc6=CC6=[N+](c7ccc(C(C)(C)C)cc7)c7ccc(C(C)(C)C)cc7N(C56)N(C2C=C1)C43. The lowest BCUT2D eigenvalue weighted by atomic mass is 9.73. The van der Waals surface area contributed by atoms with Gasteiger partial charge in [0.1, 0.15) is 11.1 Å². The summed E-state index contributed by atoms with van der Waals surface area (Å²) in [6.07, 6.45) is 16.7. The Morgan fingerprint density at radius 1 is 0.635 bits per heavy atom. The van der Waals surface area contributed by atoms with Crippen molar-refractivity contribution in [1.82, 2.24) is 9.58 Å². The summed E-state index contributed by atoms with van der Waals surface area (Å²) >= 11 is 0. The van der Waals surface area contributed by atoms with E-state index in [1.807, 2.05) is 6.26 Å². The predicted molar refractivity (Wildman–Crippen MR) is 218 cm³/mol. The van der Waals surface area contributed by atoms with Crippen LogP contribution in [-0.2, 0) is 10.8 Å². The fourth-order valence-electron chi connectivity index (χ4n) is 9.04. The molecule has 4 nitrogen and oxygen atoms in total. The largest absolute Gasteiger partial charge is 0.464 e. The summed E-state index contributed by atoms with van der Waals surface area (Å²) in [5, 5.41) is 6.54. The van der Waals surface area contributed by atoms with E-state index in [1.165, 1.54) is 67.3 Å². The molecule has 52 heavy (non-hydrogen) atoms. The van der Waals surface area contributed by atoms with Crippen LogP contribution in [0.1, 0.15) is 94.2 Å². The molecule has 2 aromatic carbocycles. The van der Waals surface area contributed by atoms with Gasteiger partial charge < -0.3 is 4.42 Å². The minimum Gasteiger partial charge on any atom is -0.464 e. The average Bonchev–Trinajstić information content (AvgIpc) is 3.67. The van der Waals surface area contributed by atoms with E-state index in [4.69, 9.17) is 4.42 Å². The maximum atomic E-state index is 6.54. The Labute approximate surface area is 310 Å². The molecular weight excluding hydrogens is 635 g/mol. The molecule has 4 heteroatoms. The summed E-state index contributed by atoms with van der Waals surface area (Å²) in [5.41, 5.74) is 16.9. The van der Waals surface area contributed by atoms with Crippen LogP contribution in [0.15, 0.2) is 117 Å². The van der Waals surface area contributed by atoms with E-state index < -0.39 is 0 Å². The number of benzene rings is 2. The van der Waals surface area contributed by atoms with Crippen LogP contribution in [-0.4, -0.2) is 28.8 Å². The van der Waals surface area contributed by atoms with Gasteiger partial charge in [-0.05, 0) is 72.8 Å². The second-order valence-corrected chi connectivity index (χ2v) is 19.8. The minimum absolute atomic E-state index is 0.0116. The third kappa shape index (κ3) is 4.79. The monoisotopic (exact) mass is 688 g/mol. The molecule has 3 unspecified atom stereocenters. The van der Waals surface area contributed by atoms with Crippen molar-refractivity contribution in [1.29, 1.82) is 0 Å². The van der Waals surface area contributed by atoms with E-state index in [2.05, 4.69) is 183 Å². The van der Waals surface area contributed by atoms with Gasteiger partial charge >= 0.3 is 0 Å². The Hall–Kier alpha value is -4.41. The van der Waals surface area contributed by atoms with Crippen LogP contribution in [0.25, 0.3) is 11.6 Å². The molecule has 0 saturated carbocycles. The van der Waals surface area contributed by atoms with Gasteiger partial charge in [0.25, 0.3) is 0 Å². The van der Waals surface area contributed by atoms with Crippen molar-refractivity contribution >= 4 is 34.4 Å². The zero-order valence-electron chi connectivity index (χ0n) is 33.1. The van der Waals surface area contributed by atoms with E-state index in [-0.39, 0.29) is 39.8 Å². The first-order valence-corrected chi connectivity index (χ1v) is 19.2. The van der Waals surface area contributed by atoms with Gasteiger partial charge in [0.05, 0.1) is 18.3 Å². The number of rotatable bonds is 1. The number of fused-ring (bicyclic) bond motifs is 7. The van der Waals surface area contributed by atoms with Gasteiger partial charge in [-0.1, -0.05) is 132 Å². The summed E-state index contributed by atoms with van der Waals surface area (Å²) in [5.74, 6) is 0. The van der Waals surface area contributed by atoms with E-state index >= 15 is 0 Å². The summed E-state index contributed by atoms with van der Waals surface area (Å²) in [4.78, 5) is 0. The molecule has 3 aliphatic heterocycles. The molecule has 3 aromatic rings. The summed E-state index contributed by atoms with van der Waals surface area (Å²) in [6.45, 7) is 27.9. The van der Waals surface area contributed by atoms with Crippen LogP contribution in [0.5, 0.6) is 0 Å². The molecule has 0 amide bonds. The maximum Gasteiger partial charge on any atom is 0.236 e. The van der Waals surface area contributed by atoms with Gasteiger partial charge in [0.2, 0.25) is 17.1 Å². The third-order valence-electron chi connectivity index (χ3n) is 12.1. The van der Waals surface area contributed by atoms with Gasteiger partial charge in [0, 0.05) is 35.1 Å². The standard InChI is InChI=1S/C48H54N3O/c1-45(2,3)29-13-17-33(18-14-29)49-38-20-16-31(47(7,8)9)27-39(38)51-43-40(49)23-28-21-22-52-44(28)41(43)36-26-32(48(10,11)12)25-35-34-24-30(46(4,5)6)15-19-37(34)50(51)42(35)36/h13-27,37,42-43H,1-12H3/q+1. The van der Waals surface area contributed by atoms with Crippen LogP contribution >= 0.6 is 0 Å². The first kappa shape index (κ1) is 33.4. The molecule has 9 rings (SSSR count). The van der Waals surface area contributed by atoms with Crippen molar-refractivity contribution in [3.63, 3.8) is 0 Å². The normalized spacial score (nSPS) is 23.7. The molecule has 266 valence electrons. The number of allylic oxidation sites excluding steroid dienone is 4. The molecule has 1 saturated heterocycles. The highest BCUT2D eigenvalue weighted by Gasteiger charge is 2.58. The lowest BCUT2D eigenvalue weighted by Gasteiger charge is -2.53. The first-order chi connectivity index (χ1) is 24.3. The summed E-state index contributed by atoms with van der Waals surface area (Å²) in [6, 6.07) is 18.7. The molecule has 4 heterocycles. The first-order valence-electron chi connectivity index (χ1n) is 19.2. The van der Waals surface area contributed by atoms with Crippen LogP contribution in [0.3, 0.4) is 0 Å². The Bertz CT molecular complexity index is 2390. The molecule has 0 spiro atoms. The molecule has 0 radical (unpaired) electrons. The molecule has 1 aromatic heterocycles. The lowest BCUT2D eigenvalue weighted by molar-refractivity contribution is 0.210. The summed E-state index contributed by atoms with van der Waals surface area (Å²) < 4.78 is 9.08. The van der Waals surface area contributed by atoms with Crippen molar-refractivity contribution in [3.05, 3.63) is 135 Å². The van der Waals surface area contributed by atoms with E-state index in [0.717, 1.165) is 10.6 Å². The van der Waals surface area contributed by atoms with Gasteiger partial charge in [-0.25, -0.2) is 0 Å². The number of nitrogens with zero attached hydrogens (tertiary/aromatic N) is 3. The fraction of sp³-hybridized carbons (Fsp3) is 0.396. The molecule has 3 aliphatic carbocycles. The van der Waals surface area contributed by atoms with Crippen molar-refractivity contribution in [2.45, 2.75) is 112 Å². The number of hydrogen-bond acceptors (Lipinski definition) is 3. The van der Waals surface area contributed by atoms with Gasteiger partial charge in [-0.2, -0.15) is 9.58 Å². The number of hydrogen-bond donors (Lipinski definition) is 0. The average molecular weight is 689 g/mol. The quantitative estimate of drug-likeness (QED) is 0.238. The number of anilines is 1. The smallest absolute Gasteiger partial charge is 0.236 e. The van der Waals surface area contributed by atoms with Crippen molar-refractivity contribution < 1.29 is 4.42 Å². The molecule has 3 atom stereocenters. The summed E-state index contributed by atoms with van der Waals surface area (Å²) in [7, 11) is 0. The molecule has 0 bridgehead atoms. The number of hydrazine groups is 1. The zero-order chi connectivity index (χ0) is 36.9. The van der Waals surface area contributed by atoms with Crippen LogP contribution in [0.4, 0.5) is 17.1 Å². The Kier molecular flexibility index (Phi) is 6.81. The van der Waals surface area contributed by atoms with Crippen molar-refractivity contribution in [2.24, 2.45) is 10.8 Å². The maximum absolute atomic E-state index is 6.54. The lowest BCUT2D eigenvalue weighted by Crippen LogP contribution is -2.67. The van der Waals surface area contributed by atoms with Gasteiger partial charge in [-0.15, -0.1) is 0 Å². The molecule has 6 aliphatic rings. The van der Waals surface area contributed by atoms with E-state index in [1.54, 1.807) is 0 Å². The Morgan fingerprint density at radius 2 is 1.29 bits per heavy atom. The highest BCUT2D eigenvalue weighted by Crippen LogP contribution is 2.55. The second kappa shape index (κ2) is 10.6. The molecule has 1 fully saturated rings. The molecular formula is C48H54N3O+. The van der Waals surface area contributed by atoms with Crippen molar-refractivity contribution in [2.75, 3.05) is 5.01 Å². The van der Waals surface area contributed by atoms with Crippen LogP contribution in [0, 0.1) is 10.8 Å². The van der Waals surface area contributed by atoms with Gasteiger partial charge in [-0.3, -0.25) is 5.01 Å². The van der Waals surface area contributed by atoms with E-state index in [0.29, 0.717) is 0 Å². The van der Waals surface area contributed by atoms with E-state index in [9.17, 15) is 0 Å². The Balaban J connectivity index is 1.39. The van der Waals surface area contributed by atoms with Gasteiger partial charge in [0.15, 0.2) is 6.04 Å². The Morgan fingerprint density at radius 3 is 1.94 bits per heavy atom. The molecule has 0 N–H and O–H groups in total. The third-order valence-corrected chi connectivity index (χ3v) is 12.1. The zero-order valence-corrected chi connectivity index (χ0v) is 33.1.